The minimum atomic E-state index is -0.510. The molecule has 0 radical (unpaired) electrons. The molecule has 0 spiro atoms. The monoisotopic (exact) mass is 375 g/mol. The first-order chi connectivity index (χ1) is 13.0. The van der Waals surface area contributed by atoms with Gasteiger partial charge in [-0.3, -0.25) is 24.6 Å². The average molecular weight is 375 g/mol. The molecule has 27 heavy (non-hydrogen) atoms. The molecule has 2 fully saturated rings. The minimum absolute atomic E-state index is 0.0524. The highest BCUT2D eigenvalue weighted by atomic mass is 16.6. The van der Waals surface area contributed by atoms with E-state index in [0.717, 1.165) is 45.7 Å². The molecule has 2 heterocycles. The van der Waals surface area contributed by atoms with Gasteiger partial charge in [-0.05, 0) is 18.6 Å². The molecular weight excluding hydrogens is 350 g/mol. The van der Waals surface area contributed by atoms with Crippen molar-refractivity contribution in [2.75, 3.05) is 45.8 Å². The van der Waals surface area contributed by atoms with Crippen molar-refractivity contribution in [3.63, 3.8) is 0 Å². The zero-order valence-corrected chi connectivity index (χ0v) is 15.2. The number of nitrogens with one attached hydrogen (secondary N) is 2. The summed E-state index contributed by atoms with van der Waals surface area (Å²) in [5.74, 6) is -0.283. The summed E-state index contributed by atoms with van der Waals surface area (Å²) >= 11 is 0. The van der Waals surface area contributed by atoms with Crippen molar-refractivity contribution in [3.05, 3.63) is 39.9 Å². The van der Waals surface area contributed by atoms with E-state index < -0.39 is 4.92 Å². The topological polar surface area (TPSA) is 108 Å². The fourth-order valence-electron chi connectivity index (χ4n) is 3.59. The van der Waals surface area contributed by atoms with Gasteiger partial charge >= 0.3 is 0 Å². The Labute approximate surface area is 157 Å². The Kier molecular flexibility index (Phi) is 6.36. The van der Waals surface area contributed by atoms with Crippen LogP contribution in [0.3, 0.4) is 0 Å². The second-order valence-corrected chi connectivity index (χ2v) is 6.88. The molecule has 1 atom stereocenters. The van der Waals surface area contributed by atoms with Crippen LogP contribution >= 0.6 is 0 Å². The van der Waals surface area contributed by atoms with E-state index in [9.17, 15) is 19.7 Å². The summed E-state index contributed by atoms with van der Waals surface area (Å²) in [4.78, 5) is 38.9. The summed E-state index contributed by atoms with van der Waals surface area (Å²) in [5, 5.41) is 16.7. The van der Waals surface area contributed by atoms with Crippen LogP contribution in [0.1, 0.15) is 23.2 Å². The molecule has 3 rings (SSSR count). The highest BCUT2D eigenvalue weighted by Gasteiger charge is 2.30. The number of piperazine rings is 1. The van der Waals surface area contributed by atoms with Gasteiger partial charge in [-0.1, -0.05) is 0 Å². The number of non-ortho nitro benzene ring substituents is 1. The second-order valence-electron chi connectivity index (χ2n) is 6.88. The Bertz CT molecular complexity index is 687. The molecule has 9 nitrogen and oxygen atoms in total. The maximum atomic E-state index is 12.4. The van der Waals surface area contributed by atoms with Crippen molar-refractivity contribution in [2.45, 2.75) is 18.9 Å². The molecule has 0 bridgehead atoms. The van der Waals surface area contributed by atoms with Crippen LogP contribution in [-0.4, -0.2) is 78.4 Å². The summed E-state index contributed by atoms with van der Waals surface area (Å²) in [6, 6.07) is 5.84. The third-order valence-corrected chi connectivity index (χ3v) is 5.15. The molecule has 1 unspecified atom stereocenters. The average Bonchev–Trinajstić information content (AvgIpc) is 3.19. The Balaban J connectivity index is 1.40. The summed E-state index contributed by atoms with van der Waals surface area (Å²) in [5.41, 5.74) is 0.280. The smallest absolute Gasteiger partial charge is 0.269 e. The van der Waals surface area contributed by atoms with Gasteiger partial charge in [-0.15, -0.1) is 0 Å². The van der Waals surface area contributed by atoms with Gasteiger partial charge in [-0.2, -0.15) is 0 Å². The predicted octanol–water partition coefficient (Wildman–Crippen LogP) is 0.221. The summed E-state index contributed by atoms with van der Waals surface area (Å²) < 4.78 is 0. The van der Waals surface area contributed by atoms with E-state index in [1.54, 1.807) is 0 Å². The lowest BCUT2D eigenvalue weighted by molar-refractivity contribution is -0.384. The van der Waals surface area contributed by atoms with Crippen LogP contribution in [0, 0.1) is 10.1 Å². The Hall–Kier alpha value is -2.52. The summed E-state index contributed by atoms with van der Waals surface area (Å²) in [6.45, 7) is 5.83. The number of hydrogen-bond acceptors (Lipinski definition) is 6. The van der Waals surface area contributed by atoms with Crippen molar-refractivity contribution in [1.29, 1.82) is 0 Å². The number of benzene rings is 1. The zero-order chi connectivity index (χ0) is 19.2. The highest BCUT2D eigenvalue weighted by molar-refractivity contribution is 5.94. The first-order valence-corrected chi connectivity index (χ1v) is 9.30. The first-order valence-electron chi connectivity index (χ1n) is 9.30. The third kappa shape index (κ3) is 5.01. The van der Waals surface area contributed by atoms with Crippen LogP contribution in [0.15, 0.2) is 24.3 Å². The number of hydrogen-bond donors (Lipinski definition) is 2. The fourth-order valence-corrected chi connectivity index (χ4v) is 3.59. The van der Waals surface area contributed by atoms with Crippen LogP contribution < -0.4 is 10.6 Å². The minimum Gasteiger partial charge on any atom is -0.352 e. The van der Waals surface area contributed by atoms with Crippen molar-refractivity contribution < 1.29 is 14.5 Å². The number of carbonyl (C=O) groups excluding carboxylic acids is 2. The predicted molar refractivity (Wildman–Crippen MR) is 99.5 cm³/mol. The van der Waals surface area contributed by atoms with Gasteiger partial charge in [0.15, 0.2) is 0 Å². The Morgan fingerprint density at radius 3 is 2.56 bits per heavy atom. The van der Waals surface area contributed by atoms with Crippen molar-refractivity contribution in [1.82, 2.24) is 20.4 Å². The quantitative estimate of drug-likeness (QED) is 0.544. The van der Waals surface area contributed by atoms with E-state index >= 15 is 0 Å². The van der Waals surface area contributed by atoms with Gasteiger partial charge in [0.2, 0.25) is 5.91 Å². The number of nitro groups is 1. The molecule has 1 aromatic carbocycles. The Morgan fingerprint density at radius 2 is 1.89 bits per heavy atom. The Morgan fingerprint density at radius 1 is 1.19 bits per heavy atom. The van der Waals surface area contributed by atoms with Crippen LogP contribution in [0.5, 0.6) is 0 Å². The number of rotatable bonds is 6. The van der Waals surface area contributed by atoms with Crippen LogP contribution in [0.25, 0.3) is 0 Å². The van der Waals surface area contributed by atoms with Gasteiger partial charge in [0.05, 0.1) is 4.92 Å². The first kappa shape index (κ1) is 19.2. The lowest BCUT2D eigenvalue weighted by Crippen LogP contribution is -2.49. The van der Waals surface area contributed by atoms with E-state index in [1.807, 2.05) is 4.90 Å². The molecule has 1 aromatic rings. The normalized spacial score (nSPS) is 20.4. The maximum absolute atomic E-state index is 12.4. The molecule has 2 amide bonds. The molecular formula is C18H25N5O4. The lowest BCUT2D eigenvalue weighted by atomic mass is 10.2. The van der Waals surface area contributed by atoms with E-state index in [4.69, 9.17) is 0 Å². The van der Waals surface area contributed by atoms with Gasteiger partial charge in [-0.25, -0.2) is 0 Å². The van der Waals surface area contributed by atoms with Crippen LogP contribution in [-0.2, 0) is 4.79 Å². The molecule has 2 aliphatic rings. The van der Waals surface area contributed by atoms with E-state index in [2.05, 4.69) is 15.5 Å². The fraction of sp³-hybridized carbons (Fsp3) is 0.556. The second kappa shape index (κ2) is 8.92. The third-order valence-electron chi connectivity index (χ3n) is 5.15. The van der Waals surface area contributed by atoms with Gasteiger partial charge in [0.1, 0.15) is 0 Å². The number of likely N-dealkylation sites (tertiary alicyclic amines) is 1. The summed E-state index contributed by atoms with van der Waals surface area (Å²) in [6.07, 6.45) is 1.26. The van der Waals surface area contributed by atoms with E-state index in [-0.39, 0.29) is 30.5 Å². The largest absolute Gasteiger partial charge is 0.352 e. The number of amides is 2. The molecule has 2 aliphatic heterocycles. The number of nitro benzene ring substituents is 1. The van der Waals surface area contributed by atoms with E-state index in [1.165, 1.54) is 24.3 Å². The van der Waals surface area contributed by atoms with Gasteiger partial charge in [0.25, 0.3) is 11.6 Å². The maximum Gasteiger partial charge on any atom is 0.269 e. The zero-order valence-electron chi connectivity index (χ0n) is 15.2. The number of carbonyl (C=O) groups is 2. The van der Waals surface area contributed by atoms with Gasteiger partial charge < -0.3 is 15.5 Å². The summed E-state index contributed by atoms with van der Waals surface area (Å²) in [7, 11) is 0. The molecule has 2 N–H and O–H groups in total. The highest BCUT2D eigenvalue weighted by Crippen LogP contribution is 2.17. The van der Waals surface area contributed by atoms with Crippen molar-refractivity contribution in [3.8, 4) is 0 Å². The molecule has 2 saturated heterocycles. The van der Waals surface area contributed by atoms with Crippen LogP contribution in [0.2, 0.25) is 0 Å². The standard InChI is InChI=1S/C18H25N5O4/c24-17(22-10-6-16(13-22)21-11-8-19-9-12-21)5-7-20-18(25)14-1-3-15(4-2-14)23(26)27/h1-4,16,19H,5-13H2,(H,20,25). The SMILES string of the molecule is O=C(NCCC(=O)N1CCC(N2CCNCC2)C1)c1ccc([N+](=O)[O-])cc1. The van der Waals surface area contributed by atoms with Crippen molar-refractivity contribution >= 4 is 17.5 Å². The molecule has 9 heteroatoms. The van der Waals surface area contributed by atoms with E-state index in [0.29, 0.717) is 11.6 Å². The molecule has 0 aliphatic carbocycles. The van der Waals surface area contributed by atoms with Gasteiger partial charge in [0, 0.05) is 76.0 Å². The molecule has 0 saturated carbocycles. The lowest BCUT2D eigenvalue weighted by Gasteiger charge is -2.32. The molecule has 0 aromatic heterocycles. The number of nitrogens with zero attached hydrogens (tertiary/aromatic N) is 3. The molecule has 146 valence electrons. The van der Waals surface area contributed by atoms with Crippen molar-refractivity contribution in [2.24, 2.45) is 0 Å². The van der Waals surface area contributed by atoms with Crippen LogP contribution in [0.4, 0.5) is 5.69 Å².